The van der Waals surface area contributed by atoms with Crippen molar-refractivity contribution in [2.24, 2.45) is 0 Å². The molecule has 0 aliphatic heterocycles. The van der Waals surface area contributed by atoms with Gasteiger partial charge in [-0.15, -0.1) is 0 Å². The van der Waals surface area contributed by atoms with Gasteiger partial charge in [-0.3, -0.25) is 4.79 Å². The van der Waals surface area contributed by atoms with Gasteiger partial charge in [-0.05, 0) is 29.3 Å². The zero-order chi connectivity index (χ0) is 14.5. The first kappa shape index (κ1) is 15.5. The number of halogens is 3. The lowest BCUT2D eigenvalue weighted by Gasteiger charge is -2.07. The van der Waals surface area contributed by atoms with Crippen molar-refractivity contribution in [3.63, 3.8) is 0 Å². The van der Waals surface area contributed by atoms with Crippen molar-refractivity contribution in [2.75, 3.05) is 0 Å². The molecule has 0 fully saturated rings. The van der Waals surface area contributed by atoms with Gasteiger partial charge in [-0.1, -0.05) is 67.7 Å². The Labute approximate surface area is 139 Å². The number of nitrogens with one attached hydrogen (secondary N) is 1. The molecule has 1 N–H and O–H groups in total. The maximum absolute atomic E-state index is 12.1. The van der Waals surface area contributed by atoms with Crippen LogP contribution >= 0.6 is 43.5 Å². The molecular weight excluding hydrogens is 405 g/mol. The Morgan fingerprint density at radius 3 is 2.35 bits per heavy atom. The van der Waals surface area contributed by atoms with Crippen LogP contribution in [-0.4, -0.2) is 5.91 Å². The lowest BCUT2D eigenvalue weighted by Crippen LogP contribution is -2.23. The van der Waals surface area contributed by atoms with Gasteiger partial charge in [-0.2, -0.15) is 0 Å². The van der Waals surface area contributed by atoms with E-state index in [-0.39, 0.29) is 5.91 Å². The predicted molar refractivity (Wildman–Crippen MR) is 89.4 cm³/mol. The molecule has 0 aliphatic rings. The molecule has 0 spiro atoms. The topological polar surface area (TPSA) is 29.1 Å². The fraction of sp³-hybridized carbons (Fsp3) is 0.133. The van der Waals surface area contributed by atoms with E-state index < -0.39 is 0 Å². The van der Waals surface area contributed by atoms with Crippen molar-refractivity contribution in [1.82, 2.24) is 5.32 Å². The van der Waals surface area contributed by atoms with E-state index in [9.17, 15) is 4.79 Å². The van der Waals surface area contributed by atoms with Crippen LogP contribution in [-0.2, 0) is 11.9 Å². The van der Waals surface area contributed by atoms with Crippen LogP contribution in [0.3, 0.4) is 0 Å². The highest BCUT2D eigenvalue weighted by Gasteiger charge is 2.10. The van der Waals surface area contributed by atoms with Crippen LogP contribution in [0.15, 0.2) is 46.9 Å². The average molecular weight is 418 g/mol. The highest BCUT2D eigenvalue weighted by molar-refractivity contribution is 9.10. The number of carbonyl (C=O) groups is 1. The Balaban J connectivity index is 2.00. The Morgan fingerprint density at radius 1 is 1.10 bits per heavy atom. The normalized spacial score (nSPS) is 10.3. The van der Waals surface area contributed by atoms with E-state index in [1.165, 1.54) is 5.56 Å². The molecular formula is C15H12Br2ClNO. The first-order valence-corrected chi connectivity index (χ1v) is 8.26. The summed E-state index contributed by atoms with van der Waals surface area (Å²) in [6.45, 7) is 0.480. The molecule has 0 aromatic heterocycles. The third-order valence-electron chi connectivity index (χ3n) is 2.81. The molecule has 0 aliphatic carbocycles. The maximum atomic E-state index is 12.1. The molecule has 5 heteroatoms. The minimum Gasteiger partial charge on any atom is -0.348 e. The fourth-order valence-electron chi connectivity index (χ4n) is 1.70. The molecule has 0 heterocycles. The second-order valence-electron chi connectivity index (χ2n) is 4.26. The van der Waals surface area contributed by atoms with E-state index in [4.69, 9.17) is 11.6 Å². The molecule has 20 heavy (non-hydrogen) atoms. The van der Waals surface area contributed by atoms with E-state index in [0.29, 0.717) is 17.1 Å². The van der Waals surface area contributed by atoms with Crippen molar-refractivity contribution in [3.8, 4) is 0 Å². The maximum Gasteiger partial charge on any atom is 0.253 e. The quantitative estimate of drug-likeness (QED) is 0.703. The fourth-order valence-corrected chi connectivity index (χ4v) is 2.83. The van der Waals surface area contributed by atoms with Gasteiger partial charge in [-0.25, -0.2) is 0 Å². The zero-order valence-electron chi connectivity index (χ0n) is 10.5. The minimum atomic E-state index is -0.174. The van der Waals surface area contributed by atoms with Crippen molar-refractivity contribution >= 4 is 49.4 Å². The number of hydrogen-bond acceptors (Lipinski definition) is 1. The number of alkyl halides is 1. The van der Waals surface area contributed by atoms with Gasteiger partial charge in [0.25, 0.3) is 5.91 Å². The average Bonchev–Trinajstić information content (AvgIpc) is 2.45. The first-order chi connectivity index (χ1) is 9.60. The van der Waals surface area contributed by atoms with E-state index in [2.05, 4.69) is 37.2 Å². The van der Waals surface area contributed by atoms with Gasteiger partial charge < -0.3 is 5.32 Å². The van der Waals surface area contributed by atoms with E-state index in [1.54, 1.807) is 18.2 Å². The number of hydrogen-bond donors (Lipinski definition) is 1. The van der Waals surface area contributed by atoms with Gasteiger partial charge in [0.1, 0.15) is 0 Å². The molecule has 2 aromatic carbocycles. The predicted octanol–water partition coefficient (Wildman–Crippen LogP) is 4.93. The Hall–Kier alpha value is -0.840. The van der Waals surface area contributed by atoms with Crippen molar-refractivity contribution in [1.29, 1.82) is 0 Å². The van der Waals surface area contributed by atoms with Gasteiger partial charge >= 0.3 is 0 Å². The summed E-state index contributed by atoms with van der Waals surface area (Å²) in [5, 5.41) is 4.13. The summed E-state index contributed by atoms with van der Waals surface area (Å²) in [6, 6.07) is 13.3. The third kappa shape index (κ3) is 4.08. The molecule has 0 unspecified atom stereocenters. The van der Waals surface area contributed by atoms with Crippen LogP contribution < -0.4 is 5.32 Å². The van der Waals surface area contributed by atoms with Crippen LogP contribution in [0, 0.1) is 0 Å². The first-order valence-electron chi connectivity index (χ1n) is 5.97. The highest BCUT2D eigenvalue weighted by Crippen LogP contribution is 2.21. The van der Waals surface area contributed by atoms with Crippen molar-refractivity contribution in [2.45, 2.75) is 11.9 Å². The molecule has 0 atom stereocenters. The monoisotopic (exact) mass is 415 g/mol. The molecule has 0 saturated heterocycles. The summed E-state index contributed by atoms with van der Waals surface area (Å²) in [5.74, 6) is -0.174. The zero-order valence-corrected chi connectivity index (χ0v) is 14.4. The second-order valence-corrected chi connectivity index (χ2v) is 6.14. The summed E-state index contributed by atoms with van der Waals surface area (Å²) in [5.41, 5.74) is 2.74. The summed E-state index contributed by atoms with van der Waals surface area (Å²) < 4.78 is 0.851. The smallest absolute Gasteiger partial charge is 0.253 e. The number of benzene rings is 2. The molecule has 0 saturated carbocycles. The van der Waals surface area contributed by atoms with Gasteiger partial charge in [0, 0.05) is 16.3 Å². The van der Waals surface area contributed by atoms with Crippen LogP contribution in [0.25, 0.3) is 0 Å². The third-order valence-corrected chi connectivity index (χ3v) is 4.26. The molecule has 2 nitrogen and oxygen atoms in total. The number of rotatable bonds is 4. The molecule has 2 aromatic rings. The Kier molecular flexibility index (Phi) is 5.64. The van der Waals surface area contributed by atoms with Gasteiger partial charge in [0.05, 0.1) is 10.6 Å². The van der Waals surface area contributed by atoms with Crippen LogP contribution in [0.2, 0.25) is 5.02 Å². The summed E-state index contributed by atoms with van der Waals surface area (Å²) >= 11 is 12.8. The van der Waals surface area contributed by atoms with E-state index >= 15 is 0 Å². The van der Waals surface area contributed by atoms with Gasteiger partial charge in [0.2, 0.25) is 0 Å². The van der Waals surface area contributed by atoms with E-state index in [1.807, 2.05) is 24.3 Å². The summed E-state index contributed by atoms with van der Waals surface area (Å²) in [7, 11) is 0. The minimum absolute atomic E-state index is 0.174. The Morgan fingerprint density at radius 2 is 1.75 bits per heavy atom. The number of carbonyl (C=O) groups excluding carboxylic acids is 1. The molecule has 2 rings (SSSR count). The Bertz CT molecular complexity index is 614. The lowest BCUT2D eigenvalue weighted by atomic mass is 10.1. The summed E-state index contributed by atoms with van der Waals surface area (Å²) in [6.07, 6.45) is 0. The van der Waals surface area contributed by atoms with Gasteiger partial charge in [0.15, 0.2) is 0 Å². The largest absolute Gasteiger partial charge is 0.348 e. The van der Waals surface area contributed by atoms with Crippen LogP contribution in [0.5, 0.6) is 0 Å². The lowest BCUT2D eigenvalue weighted by molar-refractivity contribution is 0.0951. The SMILES string of the molecule is O=C(NCc1ccc(CBr)cc1)c1ccc(Br)cc1Cl. The standard InChI is InChI=1S/C15H12Br2ClNO/c16-8-10-1-3-11(4-2-10)9-19-15(20)13-6-5-12(17)7-14(13)18/h1-7H,8-9H2,(H,19,20). The van der Waals surface area contributed by atoms with E-state index in [0.717, 1.165) is 15.4 Å². The highest BCUT2D eigenvalue weighted by atomic mass is 79.9. The molecule has 104 valence electrons. The van der Waals surface area contributed by atoms with Crippen LogP contribution in [0.4, 0.5) is 0 Å². The molecule has 1 amide bonds. The second kappa shape index (κ2) is 7.25. The number of amides is 1. The molecule has 0 radical (unpaired) electrons. The van der Waals surface area contributed by atoms with Crippen molar-refractivity contribution < 1.29 is 4.79 Å². The summed E-state index contributed by atoms with van der Waals surface area (Å²) in [4.78, 5) is 12.1. The molecule has 0 bridgehead atoms. The van der Waals surface area contributed by atoms with Crippen LogP contribution in [0.1, 0.15) is 21.5 Å². The van der Waals surface area contributed by atoms with Crippen molar-refractivity contribution in [3.05, 3.63) is 68.7 Å².